The lowest BCUT2D eigenvalue weighted by Gasteiger charge is -2.18. The predicted octanol–water partition coefficient (Wildman–Crippen LogP) is -0.751. The normalized spacial score (nSPS) is 14.4. The summed E-state index contributed by atoms with van der Waals surface area (Å²) >= 11 is 1.38. The lowest BCUT2D eigenvalue weighted by atomic mass is 10.1. The topological polar surface area (TPSA) is 159 Å². The van der Waals surface area contributed by atoms with Crippen molar-refractivity contribution >= 4 is 35.5 Å². The van der Waals surface area contributed by atoms with E-state index >= 15 is 0 Å². The molecule has 2 atom stereocenters. The third-order valence-corrected chi connectivity index (χ3v) is 4.35. The predicted molar refractivity (Wildman–Crippen MR) is 95.5 cm³/mol. The van der Waals surface area contributed by atoms with Gasteiger partial charge in [-0.3, -0.25) is 19.2 Å². The van der Waals surface area contributed by atoms with Gasteiger partial charge in [0.2, 0.25) is 11.8 Å². The quantitative estimate of drug-likeness (QED) is 0.275. The molecule has 0 aromatic carbocycles. The fourth-order valence-corrected chi connectivity index (χ4v) is 2.88. The fourth-order valence-electron chi connectivity index (χ4n) is 1.89. The second kappa shape index (κ2) is 11.1. The first-order valence-corrected chi connectivity index (χ1v) is 8.92. The summed E-state index contributed by atoms with van der Waals surface area (Å²) in [6, 6.07) is -2.11. The van der Waals surface area contributed by atoms with Crippen molar-refractivity contribution < 1.29 is 29.4 Å². The molecule has 10 heteroatoms. The van der Waals surface area contributed by atoms with E-state index in [-0.39, 0.29) is 18.6 Å². The molecule has 0 aromatic rings. The first-order valence-electron chi connectivity index (χ1n) is 7.77. The molecule has 0 bridgehead atoms. The van der Waals surface area contributed by atoms with E-state index in [1.54, 1.807) is 6.08 Å². The highest BCUT2D eigenvalue weighted by molar-refractivity contribution is 7.99. The number of carbonyl (C=O) groups is 4. The molecule has 2 amide bonds. The summed E-state index contributed by atoms with van der Waals surface area (Å²) < 4.78 is 0. The summed E-state index contributed by atoms with van der Waals surface area (Å²) in [6.07, 6.45) is 5.25. The summed E-state index contributed by atoms with van der Waals surface area (Å²) in [5.74, 6) is -2.76. The molecule has 142 valence electrons. The van der Waals surface area contributed by atoms with Crippen LogP contribution in [0.1, 0.15) is 12.8 Å². The Balaban J connectivity index is 2.54. The van der Waals surface area contributed by atoms with E-state index in [0.717, 1.165) is 5.57 Å². The number of aliphatic carboxylic acids is 2. The van der Waals surface area contributed by atoms with Gasteiger partial charge < -0.3 is 26.6 Å². The molecule has 9 nitrogen and oxygen atoms in total. The summed E-state index contributed by atoms with van der Waals surface area (Å²) in [5, 5.41) is 22.1. The van der Waals surface area contributed by atoms with Crippen LogP contribution in [-0.4, -0.2) is 64.1 Å². The van der Waals surface area contributed by atoms with Gasteiger partial charge in [0.05, 0.1) is 0 Å². The van der Waals surface area contributed by atoms with Gasteiger partial charge in [-0.25, -0.2) is 0 Å². The number of hydrogen-bond donors (Lipinski definition) is 5. The maximum atomic E-state index is 12.1. The summed E-state index contributed by atoms with van der Waals surface area (Å²) in [6.45, 7) is -0.559. The molecule has 26 heavy (non-hydrogen) atoms. The van der Waals surface area contributed by atoms with Gasteiger partial charge in [-0.05, 0) is 18.6 Å². The third-order valence-electron chi connectivity index (χ3n) is 3.27. The smallest absolute Gasteiger partial charge is 0.322 e. The molecule has 0 unspecified atom stereocenters. The van der Waals surface area contributed by atoms with Crippen molar-refractivity contribution in [1.82, 2.24) is 10.6 Å². The number of carbonyl (C=O) groups excluding carboxylic acids is 2. The number of nitrogens with two attached hydrogens (primary N) is 1. The van der Waals surface area contributed by atoms with E-state index in [9.17, 15) is 19.2 Å². The van der Waals surface area contributed by atoms with Gasteiger partial charge in [-0.2, -0.15) is 11.8 Å². The van der Waals surface area contributed by atoms with Crippen molar-refractivity contribution in [2.75, 3.05) is 18.1 Å². The molecule has 1 aliphatic rings. The van der Waals surface area contributed by atoms with E-state index < -0.39 is 42.4 Å². The summed E-state index contributed by atoms with van der Waals surface area (Å²) in [7, 11) is 0. The van der Waals surface area contributed by atoms with E-state index in [2.05, 4.69) is 16.4 Å². The van der Waals surface area contributed by atoms with Crippen molar-refractivity contribution in [2.24, 2.45) is 5.73 Å². The largest absolute Gasteiger partial charge is 0.480 e. The van der Waals surface area contributed by atoms with E-state index in [1.807, 2.05) is 12.2 Å². The van der Waals surface area contributed by atoms with Crippen LogP contribution >= 0.6 is 11.8 Å². The van der Waals surface area contributed by atoms with Gasteiger partial charge in [0.15, 0.2) is 0 Å². The molecule has 0 heterocycles. The van der Waals surface area contributed by atoms with E-state index in [4.69, 9.17) is 15.9 Å². The number of carboxylic acids is 2. The monoisotopic (exact) mass is 383 g/mol. The fraction of sp³-hybridized carbons (Fsp3) is 0.438. The maximum absolute atomic E-state index is 12.1. The number of rotatable bonds is 12. The highest BCUT2D eigenvalue weighted by Crippen LogP contribution is 2.12. The van der Waals surface area contributed by atoms with Gasteiger partial charge in [-0.15, -0.1) is 5.73 Å². The molecule has 0 radical (unpaired) electrons. The van der Waals surface area contributed by atoms with Crippen molar-refractivity contribution in [3.8, 4) is 0 Å². The number of carboxylic acid groups (broad SMARTS) is 2. The average molecular weight is 383 g/mol. The van der Waals surface area contributed by atoms with Crippen molar-refractivity contribution in [2.45, 2.75) is 24.9 Å². The van der Waals surface area contributed by atoms with Crippen molar-refractivity contribution in [1.29, 1.82) is 0 Å². The third kappa shape index (κ3) is 8.52. The molecule has 0 saturated heterocycles. The second-order valence-corrected chi connectivity index (χ2v) is 6.46. The van der Waals surface area contributed by atoms with Gasteiger partial charge in [0.25, 0.3) is 0 Å². The minimum Gasteiger partial charge on any atom is -0.480 e. The summed E-state index contributed by atoms with van der Waals surface area (Å²) in [4.78, 5) is 45.3. The average Bonchev–Trinajstić information content (AvgIpc) is 3.09. The molecule has 0 fully saturated rings. The maximum Gasteiger partial charge on any atom is 0.322 e. The zero-order chi connectivity index (χ0) is 19.5. The van der Waals surface area contributed by atoms with Crippen LogP contribution < -0.4 is 16.4 Å². The number of allylic oxidation sites excluding steroid dienone is 2. The van der Waals surface area contributed by atoms with Crippen molar-refractivity contribution in [3.63, 3.8) is 0 Å². The standard InChI is InChI=1S/C16H21N3O6S/c17-11(16(24)25)5-6-13(20)19-12(15(23)18-7-14(21)22)9-26-8-10-3-1-2-4-10/h1-3,11-12H,5-9,17H2,(H,18,23)(H,19,20)(H,21,22)(H,24,25)/t11-,12-/m0/s1. The molecule has 1 rings (SSSR count). The lowest BCUT2D eigenvalue weighted by molar-refractivity contribution is -0.139. The first kappa shape index (κ1) is 21.5. The van der Waals surface area contributed by atoms with Crippen LogP contribution in [0.25, 0.3) is 0 Å². The Labute approximate surface area is 154 Å². The van der Waals surface area contributed by atoms with Gasteiger partial charge in [-0.1, -0.05) is 6.08 Å². The van der Waals surface area contributed by atoms with Crippen LogP contribution in [-0.2, 0) is 19.2 Å². The summed E-state index contributed by atoms with van der Waals surface area (Å²) in [5.41, 5.74) is 9.29. The van der Waals surface area contributed by atoms with Gasteiger partial charge in [0, 0.05) is 23.5 Å². The van der Waals surface area contributed by atoms with Crippen molar-refractivity contribution in [3.05, 3.63) is 29.5 Å². The Kier molecular flexibility index (Phi) is 9.21. The minimum absolute atomic E-state index is 0.0692. The lowest BCUT2D eigenvalue weighted by Crippen LogP contribution is -2.49. The van der Waals surface area contributed by atoms with Gasteiger partial charge in [0.1, 0.15) is 18.6 Å². The molecular formula is C16H21N3O6S. The SMILES string of the molecule is N[C@@H](CCC(=O)N[C@@H](CSCC1=C=CC=C1)C(=O)NCC(=O)O)C(=O)O. The molecule has 0 spiro atoms. The molecule has 6 N–H and O–H groups in total. The van der Waals surface area contributed by atoms with E-state index in [0.29, 0.717) is 5.75 Å². The zero-order valence-electron chi connectivity index (χ0n) is 13.9. The van der Waals surface area contributed by atoms with Crippen LogP contribution in [0, 0.1) is 0 Å². The van der Waals surface area contributed by atoms with Crippen LogP contribution in [0.2, 0.25) is 0 Å². The highest BCUT2D eigenvalue weighted by Gasteiger charge is 2.22. The Morgan fingerprint density at radius 2 is 2.00 bits per heavy atom. The van der Waals surface area contributed by atoms with Crippen LogP contribution in [0.15, 0.2) is 29.5 Å². The Hall–Kier alpha value is -2.55. The minimum atomic E-state index is -1.21. The number of thioether (sulfide) groups is 1. The molecular weight excluding hydrogens is 362 g/mol. The zero-order valence-corrected chi connectivity index (χ0v) is 14.8. The Morgan fingerprint density at radius 3 is 2.58 bits per heavy atom. The first-order chi connectivity index (χ1) is 12.3. The van der Waals surface area contributed by atoms with Crippen LogP contribution in [0.3, 0.4) is 0 Å². The number of nitrogens with one attached hydrogen (secondary N) is 2. The second-order valence-electron chi connectivity index (χ2n) is 5.43. The highest BCUT2D eigenvalue weighted by atomic mass is 32.2. The van der Waals surface area contributed by atoms with Crippen LogP contribution in [0.4, 0.5) is 0 Å². The Morgan fingerprint density at radius 1 is 1.27 bits per heavy atom. The number of amides is 2. The van der Waals surface area contributed by atoms with Crippen LogP contribution in [0.5, 0.6) is 0 Å². The Bertz CT molecular complexity index is 654. The molecule has 0 saturated carbocycles. The van der Waals surface area contributed by atoms with Gasteiger partial charge >= 0.3 is 11.9 Å². The number of hydrogen-bond acceptors (Lipinski definition) is 6. The molecule has 0 aliphatic heterocycles. The van der Waals surface area contributed by atoms with E-state index in [1.165, 1.54) is 11.8 Å². The molecule has 0 aromatic heterocycles. The molecule has 1 aliphatic carbocycles.